The molecule has 2 aromatic rings. The first-order valence-electron chi connectivity index (χ1n) is 5.95. The number of carbonyl (C=O) groups excluding carboxylic acids is 1. The van der Waals surface area contributed by atoms with E-state index in [-0.39, 0.29) is 10.7 Å². The van der Waals surface area contributed by atoms with Crippen LogP contribution in [0.4, 0.5) is 20.2 Å². The first-order chi connectivity index (χ1) is 9.95. The number of carbonyl (C=O) groups is 1. The molecule has 0 spiro atoms. The van der Waals surface area contributed by atoms with Crippen molar-refractivity contribution in [3.05, 3.63) is 64.7 Å². The van der Waals surface area contributed by atoms with Crippen LogP contribution in [0.3, 0.4) is 0 Å². The molecule has 0 atom stereocenters. The first kappa shape index (κ1) is 15.0. The smallest absolute Gasteiger partial charge is 0.248 e. The Kier molecular flexibility index (Phi) is 4.55. The van der Waals surface area contributed by atoms with Gasteiger partial charge in [-0.15, -0.1) is 0 Å². The van der Waals surface area contributed by atoms with E-state index in [0.29, 0.717) is 11.8 Å². The number of rotatable bonds is 3. The molecule has 6 heteroatoms. The van der Waals surface area contributed by atoms with Gasteiger partial charge in [0.25, 0.3) is 0 Å². The summed E-state index contributed by atoms with van der Waals surface area (Å²) in [5, 5.41) is 2.05. The molecule has 3 nitrogen and oxygen atoms in total. The zero-order valence-electron chi connectivity index (χ0n) is 10.7. The highest BCUT2D eigenvalue weighted by Gasteiger charge is 2.11. The van der Waals surface area contributed by atoms with E-state index in [9.17, 15) is 13.6 Å². The van der Waals surface area contributed by atoms with Crippen molar-refractivity contribution in [2.45, 2.75) is 0 Å². The second kappa shape index (κ2) is 6.37. The molecule has 0 saturated carbocycles. The van der Waals surface area contributed by atoms with Gasteiger partial charge in [0, 0.05) is 17.8 Å². The van der Waals surface area contributed by atoms with Crippen molar-refractivity contribution in [1.29, 1.82) is 0 Å². The predicted octanol–water partition coefficient (Wildman–Crippen LogP) is 3.85. The van der Waals surface area contributed by atoms with Crippen LogP contribution in [0, 0.1) is 11.6 Å². The number of benzene rings is 2. The van der Waals surface area contributed by atoms with Gasteiger partial charge in [-0.05, 0) is 29.8 Å². The zero-order valence-corrected chi connectivity index (χ0v) is 11.5. The maximum atomic E-state index is 13.5. The fourth-order valence-electron chi connectivity index (χ4n) is 1.66. The summed E-state index contributed by atoms with van der Waals surface area (Å²) < 4.78 is 26.4. The minimum atomic E-state index is -0.939. The van der Waals surface area contributed by atoms with Crippen molar-refractivity contribution in [2.24, 2.45) is 0 Å². The molecule has 108 valence electrons. The van der Waals surface area contributed by atoms with E-state index in [1.165, 1.54) is 12.2 Å². The molecular weight excluding hydrogens is 298 g/mol. The van der Waals surface area contributed by atoms with Gasteiger partial charge in [-0.25, -0.2) is 8.78 Å². The van der Waals surface area contributed by atoms with Crippen LogP contribution in [-0.2, 0) is 4.79 Å². The Morgan fingerprint density at radius 2 is 2.00 bits per heavy atom. The maximum absolute atomic E-state index is 13.5. The summed E-state index contributed by atoms with van der Waals surface area (Å²) in [4.78, 5) is 11.7. The summed E-state index contributed by atoms with van der Waals surface area (Å²) in [5.41, 5.74) is 6.62. The minimum Gasteiger partial charge on any atom is -0.399 e. The van der Waals surface area contributed by atoms with Crippen LogP contribution in [0.15, 0.2) is 42.5 Å². The van der Waals surface area contributed by atoms with Crippen LogP contribution >= 0.6 is 11.6 Å². The standard InChI is InChI=1S/C15H11ClF2N2O/c16-12-7-10(17)8-13(18)15(12)20-14(21)5-4-9-2-1-3-11(19)6-9/h1-8H,19H2,(H,20,21)/b5-4+. The molecule has 0 bridgehead atoms. The van der Waals surface area contributed by atoms with Crippen molar-refractivity contribution in [1.82, 2.24) is 0 Å². The van der Waals surface area contributed by atoms with Crippen molar-refractivity contribution in [3.63, 3.8) is 0 Å². The number of hydrogen-bond acceptors (Lipinski definition) is 2. The molecular formula is C15H11ClF2N2O. The molecule has 0 radical (unpaired) electrons. The topological polar surface area (TPSA) is 55.1 Å². The Bertz CT molecular complexity index is 694. The SMILES string of the molecule is Nc1cccc(/C=C/C(=O)Nc2c(F)cc(F)cc2Cl)c1. The molecule has 2 rings (SSSR count). The first-order valence-corrected chi connectivity index (χ1v) is 6.32. The van der Waals surface area contributed by atoms with Crippen molar-refractivity contribution >= 4 is 35.0 Å². The number of anilines is 2. The molecule has 0 aliphatic heterocycles. The monoisotopic (exact) mass is 308 g/mol. The molecule has 2 aromatic carbocycles. The highest BCUT2D eigenvalue weighted by atomic mass is 35.5. The third kappa shape index (κ3) is 4.03. The van der Waals surface area contributed by atoms with E-state index in [2.05, 4.69) is 5.32 Å². The van der Waals surface area contributed by atoms with E-state index in [1.807, 2.05) is 0 Å². The van der Waals surface area contributed by atoms with Gasteiger partial charge in [-0.2, -0.15) is 0 Å². The number of halogens is 3. The number of nitrogens with one attached hydrogen (secondary N) is 1. The quantitative estimate of drug-likeness (QED) is 0.668. The number of nitrogens with two attached hydrogens (primary N) is 1. The van der Waals surface area contributed by atoms with Crippen LogP contribution in [-0.4, -0.2) is 5.91 Å². The van der Waals surface area contributed by atoms with Crippen molar-refractivity contribution in [2.75, 3.05) is 11.1 Å². The summed E-state index contributed by atoms with van der Waals surface area (Å²) >= 11 is 5.68. The summed E-state index contributed by atoms with van der Waals surface area (Å²) in [6.45, 7) is 0. The molecule has 0 fully saturated rings. The maximum Gasteiger partial charge on any atom is 0.248 e. The van der Waals surface area contributed by atoms with Crippen LogP contribution in [0.5, 0.6) is 0 Å². The highest BCUT2D eigenvalue weighted by molar-refractivity contribution is 6.33. The van der Waals surface area contributed by atoms with Crippen LogP contribution in [0.2, 0.25) is 5.02 Å². The zero-order chi connectivity index (χ0) is 15.4. The molecule has 0 unspecified atom stereocenters. The Morgan fingerprint density at radius 3 is 2.67 bits per heavy atom. The third-order valence-electron chi connectivity index (χ3n) is 2.59. The van der Waals surface area contributed by atoms with Gasteiger partial charge in [0.05, 0.1) is 10.7 Å². The Hall–Kier alpha value is -2.40. The van der Waals surface area contributed by atoms with E-state index < -0.39 is 17.5 Å². The van der Waals surface area contributed by atoms with Gasteiger partial charge < -0.3 is 11.1 Å². The minimum absolute atomic E-state index is 0.210. The molecule has 0 heterocycles. The molecule has 0 aliphatic carbocycles. The lowest BCUT2D eigenvalue weighted by molar-refractivity contribution is -0.111. The fraction of sp³-hybridized carbons (Fsp3) is 0. The van der Waals surface area contributed by atoms with Gasteiger partial charge in [-0.1, -0.05) is 23.7 Å². The lowest BCUT2D eigenvalue weighted by Crippen LogP contribution is -2.10. The van der Waals surface area contributed by atoms with Gasteiger partial charge >= 0.3 is 0 Å². The predicted molar refractivity (Wildman–Crippen MR) is 79.9 cm³/mol. The fourth-order valence-corrected chi connectivity index (χ4v) is 1.90. The lowest BCUT2D eigenvalue weighted by atomic mass is 10.2. The average Bonchev–Trinajstić information content (AvgIpc) is 2.40. The number of amides is 1. The summed E-state index contributed by atoms with van der Waals surface area (Å²) in [6, 6.07) is 8.44. The Balaban J connectivity index is 2.12. The van der Waals surface area contributed by atoms with Crippen LogP contribution < -0.4 is 11.1 Å². The largest absolute Gasteiger partial charge is 0.399 e. The van der Waals surface area contributed by atoms with E-state index in [4.69, 9.17) is 17.3 Å². The second-order valence-electron chi connectivity index (χ2n) is 4.24. The Morgan fingerprint density at radius 1 is 1.24 bits per heavy atom. The summed E-state index contributed by atoms with van der Waals surface area (Å²) in [7, 11) is 0. The molecule has 0 saturated heterocycles. The summed E-state index contributed by atoms with van der Waals surface area (Å²) in [5.74, 6) is -2.35. The average molecular weight is 309 g/mol. The van der Waals surface area contributed by atoms with Crippen LogP contribution in [0.1, 0.15) is 5.56 Å². The highest BCUT2D eigenvalue weighted by Crippen LogP contribution is 2.26. The molecule has 21 heavy (non-hydrogen) atoms. The van der Waals surface area contributed by atoms with Crippen molar-refractivity contribution in [3.8, 4) is 0 Å². The van der Waals surface area contributed by atoms with Gasteiger partial charge in [0.15, 0.2) is 5.82 Å². The lowest BCUT2D eigenvalue weighted by Gasteiger charge is -2.06. The normalized spacial score (nSPS) is 10.8. The number of nitrogen functional groups attached to an aromatic ring is 1. The molecule has 3 N–H and O–H groups in total. The molecule has 0 aliphatic rings. The Labute approximate surface area is 125 Å². The number of hydrogen-bond donors (Lipinski definition) is 2. The van der Waals surface area contributed by atoms with Crippen molar-refractivity contribution < 1.29 is 13.6 Å². The molecule has 1 amide bonds. The van der Waals surface area contributed by atoms with Gasteiger partial charge in [0.2, 0.25) is 5.91 Å². The van der Waals surface area contributed by atoms with Crippen LogP contribution in [0.25, 0.3) is 6.08 Å². The second-order valence-corrected chi connectivity index (χ2v) is 4.64. The summed E-state index contributed by atoms with van der Waals surface area (Å²) in [6.07, 6.45) is 2.72. The van der Waals surface area contributed by atoms with E-state index in [0.717, 1.165) is 11.6 Å². The van der Waals surface area contributed by atoms with Gasteiger partial charge in [-0.3, -0.25) is 4.79 Å². The third-order valence-corrected chi connectivity index (χ3v) is 2.89. The van der Waals surface area contributed by atoms with E-state index >= 15 is 0 Å². The van der Waals surface area contributed by atoms with Gasteiger partial charge in [0.1, 0.15) is 5.82 Å². The molecule has 0 aromatic heterocycles. The van der Waals surface area contributed by atoms with E-state index in [1.54, 1.807) is 24.3 Å².